The molecule has 0 spiro atoms. The van der Waals surface area contributed by atoms with E-state index < -0.39 is 0 Å². The average Bonchev–Trinajstić information content (AvgIpc) is 2.34. The molecule has 0 unspecified atom stereocenters. The maximum absolute atomic E-state index is 13.4. The van der Waals surface area contributed by atoms with Gasteiger partial charge in [0.05, 0.1) is 12.7 Å². The SMILES string of the molecule is CCCNCc1cc(F)cc(OCCCC#N)c1. The summed E-state index contributed by atoms with van der Waals surface area (Å²) >= 11 is 0. The van der Waals surface area contributed by atoms with E-state index in [9.17, 15) is 4.39 Å². The van der Waals surface area contributed by atoms with Crippen LogP contribution in [0.3, 0.4) is 0 Å². The molecule has 1 aromatic carbocycles. The zero-order valence-electron chi connectivity index (χ0n) is 10.7. The highest BCUT2D eigenvalue weighted by molar-refractivity contribution is 5.29. The predicted molar refractivity (Wildman–Crippen MR) is 68.7 cm³/mol. The van der Waals surface area contributed by atoms with Gasteiger partial charge in [-0.15, -0.1) is 0 Å². The molecule has 0 aliphatic carbocycles. The molecular formula is C14H19FN2O. The molecule has 3 nitrogen and oxygen atoms in total. The van der Waals surface area contributed by atoms with Crippen molar-refractivity contribution in [3.05, 3.63) is 29.6 Å². The Balaban J connectivity index is 2.49. The largest absolute Gasteiger partial charge is 0.493 e. The topological polar surface area (TPSA) is 45.0 Å². The van der Waals surface area contributed by atoms with Gasteiger partial charge < -0.3 is 10.1 Å². The number of nitrogens with one attached hydrogen (secondary N) is 1. The van der Waals surface area contributed by atoms with Gasteiger partial charge in [-0.05, 0) is 37.1 Å². The van der Waals surface area contributed by atoms with Crippen LogP contribution in [0, 0.1) is 17.1 Å². The van der Waals surface area contributed by atoms with Crippen molar-refractivity contribution in [1.29, 1.82) is 5.26 Å². The fourth-order valence-electron chi connectivity index (χ4n) is 1.56. The lowest BCUT2D eigenvalue weighted by molar-refractivity contribution is 0.310. The molecule has 1 rings (SSSR count). The van der Waals surface area contributed by atoms with Crippen molar-refractivity contribution in [2.75, 3.05) is 13.2 Å². The maximum atomic E-state index is 13.4. The first kappa shape index (κ1) is 14.5. The van der Waals surface area contributed by atoms with Crippen LogP contribution < -0.4 is 10.1 Å². The van der Waals surface area contributed by atoms with E-state index in [0.29, 0.717) is 31.7 Å². The number of nitriles is 1. The average molecular weight is 250 g/mol. The van der Waals surface area contributed by atoms with Crippen LogP contribution in [0.1, 0.15) is 31.7 Å². The number of benzene rings is 1. The van der Waals surface area contributed by atoms with E-state index in [2.05, 4.69) is 12.2 Å². The fraction of sp³-hybridized carbons (Fsp3) is 0.500. The second-order valence-electron chi connectivity index (χ2n) is 4.08. The molecule has 0 fully saturated rings. The van der Waals surface area contributed by atoms with Crippen molar-refractivity contribution in [1.82, 2.24) is 5.32 Å². The van der Waals surface area contributed by atoms with Crippen LogP contribution in [0.2, 0.25) is 0 Å². The van der Waals surface area contributed by atoms with Gasteiger partial charge in [0, 0.05) is 19.0 Å². The summed E-state index contributed by atoms with van der Waals surface area (Å²) in [6.45, 7) is 4.08. The van der Waals surface area contributed by atoms with Crippen molar-refractivity contribution in [3.63, 3.8) is 0 Å². The van der Waals surface area contributed by atoms with Gasteiger partial charge >= 0.3 is 0 Å². The van der Waals surface area contributed by atoms with Crippen LogP contribution in [-0.4, -0.2) is 13.2 Å². The minimum atomic E-state index is -0.291. The first-order chi connectivity index (χ1) is 8.76. The van der Waals surface area contributed by atoms with Crippen LogP contribution >= 0.6 is 0 Å². The number of nitrogens with zero attached hydrogens (tertiary/aromatic N) is 1. The number of hydrogen-bond donors (Lipinski definition) is 1. The van der Waals surface area contributed by atoms with Crippen LogP contribution in [0.4, 0.5) is 4.39 Å². The van der Waals surface area contributed by atoms with E-state index in [1.807, 2.05) is 12.1 Å². The summed E-state index contributed by atoms with van der Waals surface area (Å²) in [7, 11) is 0. The molecule has 0 radical (unpaired) electrons. The maximum Gasteiger partial charge on any atom is 0.127 e. The number of rotatable bonds is 8. The molecule has 1 N–H and O–H groups in total. The molecule has 0 atom stereocenters. The van der Waals surface area contributed by atoms with E-state index in [1.165, 1.54) is 12.1 Å². The molecule has 0 amide bonds. The van der Waals surface area contributed by atoms with Gasteiger partial charge in [0.25, 0.3) is 0 Å². The predicted octanol–water partition coefficient (Wildman–Crippen LogP) is 3.01. The molecule has 18 heavy (non-hydrogen) atoms. The van der Waals surface area contributed by atoms with Crippen LogP contribution in [0.25, 0.3) is 0 Å². The molecule has 1 aromatic rings. The highest BCUT2D eigenvalue weighted by atomic mass is 19.1. The first-order valence-corrected chi connectivity index (χ1v) is 6.26. The Bertz CT molecular complexity index is 401. The Morgan fingerprint density at radius 3 is 2.94 bits per heavy atom. The second kappa shape index (κ2) is 8.48. The highest BCUT2D eigenvalue weighted by Crippen LogP contribution is 2.16. The van der Waals surface area contributed by atoms with E-state index in [1.54, 1.807) is 0 Å². The Morgan fingerprint density at radius 1 is 1.39 bits per heavy atom. The van der Waals surface area contributed by atoms with Gasteiger partial charge in [-0.1, -0.05) is 6.92 Å². The van der Waals surface area contributed by atoms with E-state index in [0.717, 1.165) is 18.5 Å². The van der Waals surface area contributed by atoms with Gasteiger partial charge in [-0.3, -0.25) is 0 Å². The zero-order chi connectivity index (χ0) is 13.2. The Kier molecular flexibility index (Phi) is 6.82. The molecule has 0 aromatic heterocycles. The summed E-state index contributed by atoms with van der Waals surface area (Å²) in [5.41, 5.74) is 0.874. The lowest BCUT2D eigenvalue weighted by atomic mass is 10.2. The normalized spacial score (nSPS) is 10.1. The van der Waals surface area contributed by atoms with Crippen molar-refractivity contribution < 1.29 is 9.13 Å². The second-order valence-corrected chi connectivity index (χ2v) is 4.08. The van der Waals surface area contributed by atoms with Crippen molar-refractivity contribution in [2.45, 2.75) is 32.7 Å². The summed E-state index contributed by atoms with van der Waals surface area (Å²) in [5, 5.41) is 11.6. The number of unbranched alkanes of at least 4 members (excludes halogenated alkanes) is 1. The lowest BCUT2D eigenvalue weighted by Crippen LogP contribution is -2.14. The lowest BCUT2D eigenvalue weighted by Gasteiger charge is -2.08. The summed E-state index contributed by atoms with van der Waals surface area (Å²) in [4.78, 5) is 0. The van der Waals surface area contributed by atoms with E-state index in [-0.39, 0.29) is 5.82 Å². The summed E-state index contributed by atoms with van der Waals surface area (Å²) < 4.78 is 18.8. The van der Waals surface area contributed by atoms with Gasteiger partial charge in [0.1, 0.15) is 11.6 Å². The summed E-state index contributed by atoms with van der Waals surface area (Å²) in [6.07, 6.45) is 2.17. The Morgan fingerprint density at radius 2 is 2.22 bits per heavy atom. The standard InChI is InChI=1S/C14H19FN2O/c1-2-6-17-11-12-8-13(15)10-14(9-12)18-7-4-3-5-16/h8-10,17H,2-4,6-7,11H2,1H3. The molecular weight excluding hydrogens is 231 g/mol. The number of ether oxygens (including phenoxy) is 1. The quantitative estimate of drug-likeness (QED) is 0.721. The van der Waals surface area contributed by atoms with Gasteiger partial charge in [0.2, 0.25) is 0 Å². The minimum Gasteiger partial charge on any atom is -0.493 e. The third kappa shape index (κ3) is 5.65. The highest BCUT2D eigenvalue weighted by Gasteiger charge is 2.02. The summed E-state index contributed by atoms with van der Waals surface area (Å²) in [6, 6.07) is 6.75. The Hall–Kier alpha value is -1.60. The molecule has 98 valence electrons. The zero-order valence-corrected chi connectivity index (χ0v) is 10.7. The van der Waals surface area contributed by atoms with E-state index in [4.69, 9.17) is 10.00 Å². The molecule has 0 saturated carbocycles. The monoisotopic (exact) mass is 250 g/mol. The first-order valence-electron chi connectivity index (χ1n) is 6.26. The third-order valence-corrected chi connectivity index (χ3v) is 2.39. The van der Waals surface area contributed by atoms with Crippen molar-refractivity contribution in [2.24, 2.45) is 0 Å². The van der Waals surface area contributed by atoms with Gasteiger partial charge in [-0.2, -0.15) is 5.26 Å². The number of halogens is 1. The molecule has 0 bridgehead atoms. The smallest absolute Gasteiger partial charge is 0.127 e. The molecule has 4 heteroatoms. The molecule has 0 aliphatic heterocycles. The molecule has 0 heterocycles. The molecule has 0 saturated heterocycles. The van der Waals surface area contributed by atoms with Crippen molar-refractivity contribution >= 4 is 0 Å². The fourth-order valence-corrected chi connectivity index (χ4v) is 1.56. The molecule has 0 aliphatic rings. The Labute approximate surface area is 108 Å². The number of hydrogen-bond acceptors (Lipinski definition) is 3. The van der Waals surface area contributed by atoms with Crippen LogP contribution in [0.5, 0.6) is 5.75 Å². The van der Waals surface area contributed by atoms with Gasteiger partial charge in [-0.25, -0.2) is 4.39 Å². The third-order valence-electron chi connectivity index (χ3n) is 2.39. The summed E-state index contributed by atoms with van der Waals surface area (Å²) in [5.74, 6) is 0.238. The minimum absolute atomic E-state index is 0.291. The van der Waals surface area contributed by atoms with Crippen molar-refractivity contribution in [3.8, 4) is 11.8 Å². The van der Waals surface area contributed by atoms with Crippen LogP contribution in [0.15, 0.2) is 18.2 Å². The van der Waals surface area contributed by atoms with Gasteiger partial charge in [0.15, 0.2) is 0 Å². The van der Waals surface area contributed by atoms with E-state index >= 15 is 0 Å². The van der Waals surface area contributed by atoms with Crippen LogP contribution in [-0.2, 0) is 6.54 Å².